The van der Waals surface area contributed by atoms with E-state index in [1.807, 2.05) is 37.3 Å². The lowest BCUT2D eigenvalue weighted by Crippen LogP contribution is -2.24. The number of hydrogen-bond donors (Lipinski definition) is 0. The Kier molecular flexibility index (Phi) is 3.59. The summed E-state index contributed by atoms with van der Waals surface area (Å²) in [5.74, 6) is 0. The molecular weight excluding hydrogens is 236 g/mol. The fourth-order valence-corrected chi connectivity index (χ4v) is 1.89. The van der Waals surface area contributed by atoms with E-state index in [1.165, 1.54) is 4.68 Å². The summed E-state index contributed by atoms with van der Waals surface area (Å²) < 4.78 is 1.39. The molecule has 0 spiro atoms. The first-order valence-electron chi connectivity index (χ1n) is 5.50. The van der Waals surface area contributed by atoms with E-state index in [-0.39, 0.29) is 10.6 Å². The van der Waals surface area contributed by atoms with Crippen molar-refractivity contribution >= 4 is 11.6 Å². The van der Waals surface area contributed by atoms with Crippen molar-refractivity contribution in [3.8, 4) is 0 Å². The van der Waals surface area contributed by atoms with E-state index >= 15 is 0 Å². The van der Waals surface area contributed by atoms with Crippen molar-refractivity contribution in [3.05, 3.63) is 63.0 Å². The standard InChI is InChI=1S/C13H13ClN2O/c1-2-11-8-15-16(13(17)12(11)14)9-10-6-4-3-5-7-10/h3-8H,2,9H2,1H3. The average molecular weight is 249 g/mol. The quantitative estimate of drug-likeness (QED) is 0.837. The highest BCUT2D eigenvalue weighted by Crippen LogP contribution is 2.09. The van der Waals surface area contributed by atoms with E-state index < -0.39 is 0 Å². The summed E-state index contributed by atoms with van der Waals surface area (Å²) in [6.45, 7) is 2.40. The lowest BCUT2D eigenvalue weighted by molar-refractivity contribution is 0.634. The van der Waals surface area contributed by atoms with Gasteiger partial charge in [0, 0.05) is 0 Å². The number of benzene rings is 1. The highest BCUT2D eigenvalue weighted by Gasteiger charge is 2.07. The monoisotopic (exact) mass is 248 g/mol. The summed E-state index contributed by atoms with van der Waals surface area (Å²) in [6.07, 6.45) is 2.37. The second-order valence-electron chi connectivity index (χ2n) is 3.79. The molecule has 0 saturated heterocycles. The molecule has 1 aromatic heterocycles. The second kappa shape index (κ2) is 5.15. The van der Waals surface area contributed by atoms with Gasteiger partial charge in [0.05, 0.1) is 12.7 Å². The third-order valence-electron chi connectivity index (χ3n) is 2.61. The Morgan fingerprint density at radius 3 is 2.65 bits per heavy atom. The predicted octanol–water partition coefficient (Wildman–Crippen LogP) is 2.51. The van der Waals surface area contributed by atoms with Gasteiger partial charge in [0.25, 0.3) is 5.56 Å². The molecule has 2 aromatic rings. The maximum Gasteiger partial charge on any atom is 0.286 e. The topological polar surface area (TPSA) is 34.9 Å². The molecule has 0 N–H and O–H groups in total. The van der Waals surface area contributed by atoms with Crippen LogP contribution in [0, 0.1) is 0 Å². The van der Waals surface area contributed by atoms with Gasteiger partial charge in [-0.1, -0.05) is 48.9 Å². The highest BCUT2D eigenvalue weighted by molar-refractivity contribution is 6.31. The fourth-order valence-electron chi connectivity index (χ4n) is 1.61. The Morgan fingerprint density at radius 1 is 1.29 bits per heavy atom. The third-order valence-corrected chi connectivity index (χ3v) is 3.02. The minimum Gasteiger partial charge on any atom is -0.266 e. The van der Waals surface area contributed by atoms with Crippen molar-refractivity contribution in [3.63, 3.8) is 0 Å². The van der Waals surface area contributed by atoms with Gasteiger partial charge in [-0.2, -0.15) is 5.10 Å². The van der Waals surface area contributed by atoms with Crippen LogP contribution >= 0.6 is 11.6 Å². The minimum atomic E-state index is -0.227. The molecule has 17 heavy (non-hydrogen) atoms. The van der Waals surface area contributed by atoms with E-state index in [9.17, 15) is 4.79 Å². The van der Waals surface area contributed by atoms with Crippen molar-refractivity contribution < 1.29 is 0 Å². The van der Waals surface area contributed by atoms with Crippen LogP contribution in [0.4, 0.5) is 0 Å². The van der Waals surface area contributed by atoms with Crippen molar-refractivity contribution in [1.82, 2.24) is 9.78 Å². The Bertz CT molecular complexity index is 563. The van der Waals surface area contributed by atoms with Crippen LogP contribution in [0.2, 0.25) is 5.02 Å². The van der Waals surface area contributed by atoms with Gasteiger partial charge in [0.1, 0.15) is 5.02 Å². The number of aromatic nitrogens is 2. The van der Waals surface area contributed by atoms with Crippen LogP contribution in [0.5, 0.6) is 0 Å². The Hall–Kier alpha value is -1.61. The zero-order chi connectivity index (χ0) is 12.3. The third kappa shape index (κ3) is 2.56. The molecule has 0 aliphatic carbocycles. The Balaban J connectivity index is 2.35. The molecule has 1 heterocycles. The normalized spacial score (nSPS) is 10.5. The SMILES string of the molecule is CCc1cnn(Cc2ccccc2)c(=O)c1Cl. The van der Waals surface area contributed by atoms with E-state index in [1.54, 1.807) is 6.20 Å². The first kappa shape index (κ1) is 11.9. The zero-order valence-electron chi connectivity index (χ0n) is 9.56. The molecule has 0 amide bonds. The average Bonchev–Trinajstić information content (AvgIpc) is 2.37. The molecule has 0 radical (unpaired) electrons. The molecule has 0 aliphatic heterocycles. The van der Waals surface area contributed by atoms with E-state index in [4.69, 9.17) is 11.6 Å². The number of nitrogens with zero attached hydrogens (tertiary/aromatic N) is 2. The molecule has 4 heteroatoms. The van der Waals surface area contributed by atoms with E-state index in [0.717, 1.165) is 11.1 Å². The van der Waals surface area contributed by atoms with Crippen molar-refractivity contribution in [2.24, 2.45) is 0 Å². The lowest BCUT2D eigenvalue weighted by Gasteiger charge is -2.06. The highest BCUT2D eigenvalue weighted by atomic mass is 35.5. The number of rotatable bonds is 3. The van der Waals surface area contributed by atoms with Gasteiger partial charge in [-0.3, -0.25) is 4.79 Å². The van der Waals surface area contributed by atoms with Crippen LogP contribution in [-0.4, -0.2) is 9.78 Å². The van der Waals surface area contributed by atoms with Gasteiger partial charge in [-0.25, -0.2) is 4.68 Å². The Labute approximate surface area is 105 Å². The maximum atomic E-state index is 11.9. The van der Waals surface area contributed by atoms with Gasteiger partial charge in [-0.05, 0) is 17.5 Å². The van der Waals surface area contributed by atoms with Gasteiger partial charge >= 0.3 is 0 Å². The molecule has 0 unspecified atom stereocenters. The largest absolute Gasteiger partial charge is 0.286 e. The fraction of sp³-hybridized carbons (Fsp3) is 0.231. The van der Waals surface area contributed by atoms with E-state index in [0.29, 0.717) is 13.0 Å². The van der Waals surface area contributed by atoms with Crippen molar-refractivity contribution in [1.29, 1.82) is 0 Å². The van der Waals surface area contributed by atoms with Crippen LogP contribution in [0.1, 0.15) is 18.1 Å². The summed E-state index contributed by atoms with van der Waals surface area (Å²) in [5.41, 5.74) is 1.60. The van der Waals surface area contributed by atoms with Gasteiger partial charge < -0.3 is 0 Å². The maximum absolute atomic E-state index is 11.9. The van der Waals surface area contributed by atoms with Crippen molar-refractivity contribution in [2.45, 2.75) is 19.9 Å². The summed E-state index contributed by atoms with van der Waals surface area (Å²) >= 11 is 5.99. The first-order chi connectivity index (χ1) is 8.22. The molecule has 2 rings (SSSR count). The molecule has 0 bridgehead atoms. The molecule has 1 aromatic carbocycles. The van der Waals surface area contributed by atoms with Crippen LogP contribution in [0.3, 0.4) is 0 Å². The summed E-state index contributed by atoms with van der Waals surface area (Å²) in [6, 6.07) is 9.71. The summed E-state index contributed by atoms with van der Waals surface area (Å²) in [5, 5.41) is 4.40. The second-order valence-corrected chi connectivity index (χ2v) is 4.16. The first-order valence-corrected chi connectivity index (χ1v) is 5.88. The van der Waals surface area contributed by atoms with Gasteiger partial charge in [0.2, 0.25) is 0 Å². The summed E-state index contributed by atoms with van der Waals surface area (Å²) in [7, 11) is 0. The molecule has 88 valence electrons. The van der Waals surface area contributed by atoms with E-state index in [2.05, 4.69) is 5.10 Å². The minimum absolute atomic E-state index is 0.227. The molecule has 0 atom stereocenters. The van der Waals surface area contributed by atoms with Crippen LogP contribution < -0.4 is 5.56 Å². The number of aryl methyl sites for hydroxylation is 1. The van der Waals surface area contributed by atoms with Crippen LogP contribution in [0.15, 0.2) is 41.3 Å². The van der Waals surface area contributed by atoms with Crippen molar-refractivity contribution in [2.75, 3.05) is 0 Å². The molecule has 0 aliphatic rings. The molecule has 3 nitrogen and oxygen atoms in total. The van der Waals surface area contributed by atoms with Crippen LogP contribution in [0.25, 0.3) is 0 Å². The number of halogens is 1. The van der Waals surface area contributed by atoms with Gasteiger partial charge in [-0.15, -0.1) is 0 Å². The zero-order valence-corrected chi connectivity index (χ0v) is 10.3. The predicted molar refractivity (Wildman–Crippen MR) is 68.4 cm³/mol. The van der Waals surface area contributed by atoms with Gasteiger partial charge in [0.15, 0.2) is 0 Å². The lowest BCUT2D eigenvalue weighted by atomic mass is 10.2. The molecule has 0 fully saturated rings. The molecular formula is C13H13ClN2O. The number of hydrogen-bond acceptors (Lipinski definition) is 2. The summed E-state index contributed by atoms with van der Waals surface area (Å²) in [4.78, 5) is 11.9. The Morgan fingerprint density at radius 2 is 2.00 bits per heavy atom. The smallest absolute Gasteiger partial charge is 0.266 e. The molecule has 0 saturated carbocycles. The van der Waals surface area contributed by atoms with Crippen LogP contribution in [-0.2, 0) is 13.0 Å².